The molecule has 0 aromatic carbocycles. The first-order valence-corrected chi connectivity index (χ1v) is 13.4. The predicted octanol–water partition coefficient (Wildman–Crippen LogP) is 7.17. The fraction of sp³-hybridized carbons (Fsp3) is 0.964. The van der Waals surface area contributed by atoms with E-state index in [1.165, 1.54) is 0 Å². The summed E-state index contributed by atoms with van der Waals surface area (Å²) < 4.78 is 12.5. The Morgan fingerprint density at radius 2 is 1.66 bits per heavy atom. The van der Waals surface area contributed by atoms with E-state index in [-0.39, 0.29) is 41.0 Å². The van der Waals surface area contributed by atoms with Crippen molar-refractivity contribution >= 4 is 5.97 Å². The van der Waals surface area contributed by atoms with Crippen molar-refractivity contribution in [3.63, 3.8) is 0 Å². The van der Waals surface area contributed by atoms with E-state index in [2.05, 4.69) is 55.4 Å². The molecule has 4 nitrogen and oxygen atoms in total. The van der Waals surface area contributed by atoms with E-state index in [9.17, 15) is 9.90 Å². The molecule has 0 spiro atoms. The number of ether oxygens (including phenoxy) is 2. The second-order valence-electron chi connectivity index (χ2n) is 11.7. The van der Waals surface area contributed by atoms with Crippen LogP contribution in [-0.2, 0) is 14.3 Å². The van der Waals surface area contributed by atoms with Crippen LogP contribution in [0.15, 0.2) is 0 Å². The summed E-state index contributed by atoms with van der Waals surface area (Å²) in [7, 11) is 0. The molecule has 1 rings (SSSR count). The van der Waals surface area contributed by atoms with Gasteiger partial charge in [-0.3, -0.25) is 4.79 Å². The summed E-state index contributed by atoms with van der Waals surface area (Å²) >= 11 is 0. The Kier molecular flexibility index (Phi) is 12.2. The first-order valence-electron chi connectivity index (χ1n) is 13.4. The largest absolute Gasteiger partial charge is 0.465 e. The summed E-state index contributed by atoms with van der Waals surface area (Å²) in [5.41, 5.74) is 0.120. The van der Waals surface area contributed by atoms with Crippen LogP contribution in [0, 0.1) is 29.1 Å². The Morgan fingerprint density at radius 3 is 2.19 bits per heavy atom. The molecule has 0 aromatic heterocycles. The standard InChI is InChI=1S/C28H54O4/c1-10-20(5)24(29)17-15-22(11-2)26(30)31-19-21-14-16-23(27(6,7)12-3)25(18-21)32-28(8,9)13-4/h20-25,29H,10-19H2,1-9H3. The summed E-state index contributed by atoms with van der Waals surface area (Å²) in [6.45, 7) is 20.3. The highest BCUT2D eigenvalue weighted by Gasteiger charge is 2.41. The lowest BCUT2D eigenvalue weighted by Gasteiger charge is -2.46. The van der Waals surface area contributed by atoms with E-state index in [1.807, 2.05) is 6.92 Å². The van der Waals surface area contributed by atoms with Crippen LogP contribution in [0.4, 0.5) is 0 Å². The molecule has 1 aliphatic rings. The van der Waals surface area contributed by atoms with Crippen molar-refractivity contribution in [2.45, 2.75) is 138 Å². The molecule has 1 saturated carbocycles. The van der Waals surface area contributed by atoms with Crippen LogP contribution in [0.3, 0.4) is 0 Å². The highest BCUT2D eigenvalue weighted by atomic mass is 16.5. The summed E-state index contributed by atoms with van der Waals surface area (Å²) in [6.07, 6.45) is 8.29. The molecule has 0 radical (unpaired) electrons. The molecular formula is C28H54O4. The third-order valence-electron chi connectivity index (χ3n) is 8.54. The van der Waals surface area contributed by atoms with Gasteiger partial charge in [-0.1, -0.05) is 61.3 Å². The van der Waals surface area contributed by atoms with Gasteiger partial charge in [-0.2, -0.15) is 0 Å². The molecule has 1 aliphatic carbocycles. The van der Waals surface area contributed by atoms with Gasteiger partial charge in [-0.25, -0.2) is 0 Å². The van der Waals surface area contributed by atoms with Crippen molar-refractivity contribution in [2.24, 2.45) is 29.1 Å². The van der Waals surface area contributed by atoms with Crippen LogP contribution in [0.25, 0.3) is 0 Å². The van der Waals surface area contributed by atoms with Crippen LogP contribution in [0.2, 0.25) is 0 Å². The maximum absolute atomic E-state index is 12.8. The molecule has 0 saturated heterocycles. The van der Waals surface area contributed by atoms with Crippen molar-refractivity contribution in [3.05, 3.63) is 0 Å². The van der Waals surface area contributed by atoms with Crippen molar-refractivity contribution in [1.29, 1.82) is 0 Å². The van der Waals surface area contributed by atoms with Gasteiger partial charge in [0.05, 0.1) is 30.3 Å². The van der Waals surface area contributed by atoms with Gasteiger partial charge >= 0.3 is 5.97 Å². The van der Waals surface area contributed by atoms with E-state index in [1.54, 1.807) is 0 Å². The summed E-state index contributed by atoms with van der Waals surface area (Å²) in [5.74, 6) is 0.969. The Labute approximate surface area is 199 Å². The number of esters is 1. The first kappa shape index (κ1) is 29.4. The molecule has 32 heavy (non-hydrogen) atoms. The lowest BCUT2D eigenvalue weighted by atomic mass is 9.66. The molecule has 0 aliphatic heterocycles. The number of aliphatic hydroxyl groups is 1. The zero-order valence-corrected chi connectivity index (χ0v) is 22.7. The van der Waals surface area contributed by atoms with E-state index >= 15 is 0 Å². The van der Waals surface area contributed by atoms with Crippen LogP contribution >= 0.6 is 0 Å². The SMILES string of the molecule is CCC(CCC(O)C(C)CC)C(=O)OCC1CCC(C(C)(C)CC)C(OC(C)(C)CC)C1. The summed E-state index contributed by atoms with van der Waals surface area (Å²) in [5, 5.41) is 10.3. The van der Waals surface area contributed by atoms with Crippen LogP contribution in [0.5, 0.6) is 0 Å². The molecule has 6 unspecified atom stereocenters. The van der Waals surface area contributed by atoms with Crippen molar-refractivity contribution < 1.29 is 19.4 Å². The highest BCUT2D eigenvalue weighted by molar-refractivity contribution is 5.72. The lowest BCUT2D eigenvalue weighted by Crippen LogP contribution is -2.45. The third-order valence-corrected chi connectivity index (χ3v) is 8.54. The minimum atomic E-state index is -0.334. The van der Waals surface area contributed by atoms with Crippen LogP contribution < -0.4 is 0 Å². The third kappa shape index (κ3) is 8.97. The summed E-state index contributed by atoms with van der Waals surface area (Å²) in [6, 6.07) is 0. The molecule has 0 bridgehead atoms. The Bertz CT molecular complexity index is 542. The number of hydrogen-bond acceptors (Lipinski definition) is 4. The van der Waals surface area contributed by atoms with Crippen LogP contribution in [-0.4, -0.2) is 35.5 Å². The predicted molar refractivity (Wildman–Crippen MR) is 134 cm³/mol. The monoisotopic (exact) mass is 454 g/mol. The molecule has 0 heterocycles. The van der Waals surface area contributed by atoms with Crippen molar-refractivity contribution in [2.75, 3.05) is 6.61 Å². The molecule has 6 atom stereocenters. The second kappa shape index (κ2) is 13.3. The number of carbonyl (C=O) groups excluding carboxylic acids is 1. The fourth-order valence-electron chi connectivity index (χ4n) is 4.88. The highest BCUT2D eigenvalue weighted by Crippen LogP contribution is 2.45. The average Bonchev–Trinajstić information content (AvgIpc) is 2.76. The fourth-order valence-corrected chi connectivity index (χ4v) is 4.88. The molecule has 0 amide bonds. The molecule has 190 valence electrons. The van der Waals surface area contributed by atoms with Crippen molar-refractivity contribution in [1.82, 2.24) is 0 Å². The van der Waals surface area contributed by atoms with Crippen LogP contribution in [0.1, 0.15) is 120 Å². The molecule has 0 aromatic rings. The maximum Gasteiger partial charge on any atom is 0.308 e. The van der Waals surface area contributed by atoms with Crippen molar-refractivity contribution in [3.8, 4) is 0 Å². The van der Waals surface area contributed by atoms with Gasteiger partial charge in [0.1, 0.15) is 0 Å². The maximum atomic E-state index is 12.8. The van der Waals surface area contributed by atoms with E-state index < -0.39 is 0 Å². The molecule has 4 heteroatoms. The number of carbonyl (C=O) groups is 1. The minimum absolute atomic E-state index is 0.0915. The molecule has 1 fully saturated rings. The normalized spacial score (nSPS) is 25.2. The number of hydrogen-bond donors (Lipinski definition) is 1. The number of aliphatic hydroxyl groups excluding tert-OH is 1. The molecular weight excluding hydrogens is 400 g/mol. The minimum Gasteiger partial charge on any atom is -0.465 e. The van der Waals surface area contributed by atoms with Gasteiger partial charge < -0.3 is 14.6 Å². The zero-order valence-electron chi connectivity index (χ0n) is 22.7. The Balaban J connectivity index is 2.68. The van der Waals surface area contributed by atoms with E-state index in [0.717, 1.165) is 44.9 Å². The lowest BCUT2D eigenvalue weighted by molar-refractivity contribution is -0.158. The van der Waals surface area contributed by atoms with E-state index in [0.29, 0.717) is 31.3 Å². The van der Waals surface area contributed by atoms with Gasteiger partial charge in [0.2, 0.25) is 0 Å². The Hall–Kier alpha value is -0.610. The van der Waals surface area contributed by atoms with E-state index in [4.69, 9.17) is 9.47 Å². The zero-order chi connectivity index (χ0) is 24.5. The van der Waals surface area contributed by atoms with Gasteiger partial charge in [0, 0.05) is 0 Å². The smallest absolute Gasteiger partial charge is 0.308 e. The number of rotatable bonds is 14. The first-order chi connectivity index (χ1) is 14.9. The van der Waals surface area contributed by atoms with Gasteiger partial charge in [-0.05, 0) is 82.0 Å². The summed E-state index contributed by atoms with van der Waals surface area (Å²) in [4.78, 5) is 12.8. The second-order valence-corrected chi connectivity index (χ2v) is 11.7. The quantitative estimate of drug-likeness (QED) is 0.283. The Morgan fingerprint density at radius 1 is 1.00 bits per heavy atom. The molecule has 1 N–H and O–H groups in total. The van der Waals surface area contributed by atoms with Gasteiger partial charge in [0.25, 0.3) is 0 Å². The average molecular weight is 455 g/mol. The topological polar surface area (TPSA) is 55.8 Å². The van der Waals surface area contributed by atoms with Gasteiger partial charge in [0.15, 0.2) is 0 Å². The van der Waals surface area contributed by atoms with Gasteiger partial charge in [-0.15, -0.1) is 0 Å².